The van der Waals surface area contributed by atoms with E-state index in [1.807, 2.05) is 0 Å². The highest BCUT2D eigenvalue weighted by molar-refractivity contribution is 5.69. The number of nitrogens with one attached hydrogen (secondary N) is 1. The zero-order chi connectivity index (χ0) is 11.9. The molecule has 0 rings (SSSR count). The number of esters is 1. The predicted molar refractivity (Wildman–Crippen MR) is 62.8 cm³/mol. The molecule has 0 saturated carbocycles. The summed E-state index contributed by atoms with van der Waals surface area (Å²) in [5.74, 6) is -0.132. The summed E-state index contributed by atoms with van der Waals surface area (Å²) in [5.41, 5.74) is 0.236. The lowest BCUT2D eigenvalue weighted by Crippen LogP contribution is -2.35. The predicted octanol–water partition coefficient (Wildman–Crippen LogP) is 2.35. The second-order valence-corrected chi connectivity index (χ2v) is 5.20. The van der Waals surface area contributed by atoms with Crippen molar-refractivity contribution in [3.63, 3.8) is 0 Å². The van der Waals surface area contributed by atoms with E-state index in [0.717, 1.165) is 19.4 Å². The fourth-order valence-corrected chi connectivity index (χ4v) is 1.59. The summed E-state index contributed by atoms with van der Waals surface area (Å²) in [7, 11) is 1.44. The fraction of sp³-hybridized carbons (Fsp3) is 0.917. The van der Waals surface area contributed by atoms with E-state index < -0.39 is 0 Å². The van der Waals surface area contributed by atoms with Crippen LogP contribution in [0, 0.1) is 5.41 Å². The lowest BCUT2D eigenvalue weighted by atomic mass is 9.87. The van der Waals surface area contributed by atoms with E-state index in [1.165, 1.54) is 7.11 Å². The Bertz CT molecular complexity index is 185. The van der Waals surface area contributed by atoms with Gasteiger partial charge in [-0.25, -0.2) is 0 Å². The zero-order valence-electron chi connectivity index (χ0n) is 10.7. The van der Waals surface area contributed by atoms with Gasteiger partial charge >= 0.3 is 5.97 Å². The molecule has 1 atom stereocenters. The summed E-state index contributed by atoms with van der Waals surface area (Å²) in [4.78, 5) is 11.2. The van der Waals surface area contributed by atoms with Crippen LogP contribution >= 0.6 is 0 Å². The molecule has 0 radical (unpaired) electrons. The Balaban J connectivity index is 4.12. The summed E-state index contributed by atoms with van der Waals surface area (Å²) in [6.07, 6.45) is 2.54. The number of hydrogen-bond donors (Lipinski definition) is 1. The van der Waals surface area contributed by atoms with Crippen molar-refractivity contribution in [2.45, 2.75) is 53.0 Å². The number of ether oxygens (including phenoxy) is 1. The molecule has 0 saturated heterocycles. The average Bonchev–Trinajstić information content (AvgIpc) is 2.11. The van der Waals surface area contributed by atoms with Crippen LogP contribution in [0.3, 0.4) is 0 Å². The van der Waals surface area contributed by atoms with Crippen molar-refractivity contribution in [3.8, 4) is 0 Å². The Hall–Kier alpha value is -0.570. The van der Waals surface area contributed by atoms with Gasteiger partial charge in [-0.2, -0.15) is 0 Å². The molecular formula is C12H25NO2. The molecule has 0 spiro atoms. The Morgan fingerprint density at radius 3 is 2.40 bits per heavy atom. The standard InChI is InChI=1S/C12H25NO2/c1-6-7-13-10(8-11(14)15-5)9-12(2,3)4/h10,13H,6-9H2,1-5H3. The van der Waals surface area contributed by atoms with Crippen LogP contribution in [0.5, 0.6) is 0 Å². The molecule has 90 valence electrons. The maximum Gasteiger partial charge on any atom is 0.307 e. The van der Waals surface area contributed by atoms with Crippen molar-refractivity contribution in [3.05, 3.63) is 0 Å². The van der Waals surface area contributed by atoms with Crippen LogP contribution in [0.2, 0.25) is 0 Å². The first-order valence-electron chi connectivity index (χ1n) is 5.69. The quantitative estimate of drug-likeness (QED) is 0.691. The normalized spacial score (nSPS) is 13.7. The van der Waals surface area contributed by atoms with E-state index in [1.54, 1.807) is 0 Å². The van der Waals surface area contributed by atoms with Gasteiger partial charge in [0.05, 0.1) is 13.5 Å². The van der Waals surface area contributed by atoms with Crippen LogP contribution in [0.4, 0.5) is 0 Å². The average molecular weight is 215 g/mol. The second-order valence-electron chi connectivity index (χ2n) is 5.20. The Kier molecular flexibility index (Phi) is 6.57. The maximum atomic E-state index is 11.2. The van der Waals surface area contributed by atoms with E-state index in [0.29, 0.717) is 6.42 Å². The van der Waals surface area contributed by atoms with E-state index in [2.05, 4.69) is 33.0 Å². The van der Waals surface area contributed by atoms with E-state index in [9.17, 15) is 4.79 Å². The molecule has 0 aromatic rings. The van der Waals surface area contributed by atoms with Crippen molar-refractivity contribution >= 4 is 5.97 Å². The van der Waals surface area contributed by atoms with Gasteiger partial charge in [-0.15, -0.1) is 0 Å². The molecule has 0 aliphatic rings. The van der Waals surface area contributed by atoms with Crippen LogP contribution in [0.1, 0.15) is 47.0 Å². The van der Waals surface area contributed by atoms with Crippen molar-refractivity contribution in [1.29, 1.82) is 0 Å². The van der Waals surface area contributed by atoms with Crippen LogP contribution in [0.15, 0.2) is 0 Å². The monoisotopic (exact) mass is 215 g/mol. The molecule has 0 heterocycles. The Morgan fingerprint density at radius 2 is 2.00 bits per heavy atom. The van der Waals surface area contributed by atoms with Gasteiger partial charge in [0.2, 0.25) is 0 Å². The molecule has 3 nitrogen and oxygen atoms in total. The van der Waals surface area contributed by atoms with Crippen molar-refractivity contribution < 1.29 is 9.53 Å². The summed E-state index contributed by atoms with van der Waals surface area (Å²) in [5, 5.41) is 3.39. The SMILES string of the molecule is CCCNC(CC(=O)OC)CC(C)(C)C. The van der Waals surface area contributed by atoms with Gasteiger partial charge in [-0.3, -0.25) is 4.79 Å². The van der Waals surface area contributed by atoms with Gasteiger partial charge in [-0.05, 0) is 24.8 Å². The van der Waals surface area contributed by atoms with Gasteiger partial charge in [0, 0.05) is 6.04 Å². The number of carbonyl (C=O) groups is 1. The minimum absolute atomic E-state index is 0.132. The van der Waals surface area contributed by atoms with Gasteiger partial charge < -0.3 is 10.1 Å². The van der Waals surface area contributed by atoms with Crippen molar-refractivity contribution in [1.82, 2.24) is 5.32 Å². The summed E-state index contributed by atoms with van der Waals surface area (Å²) in [6.45, 7) is 9.64. The summed E-state index contributed by atoms with van der Waals surface area (Å²) >= 11 is 0. The molecule has 0 aromatic carbocycles. The second kappa shape index (κ2) is 6.83. The van der Waals surface area contributed by atoms with Gasteiger partial charge in [-0.1, -0.05) is 27.7 Å². The Labute approximate surface area is 93.6 Å². The lowest BCUT2D eigenvalue weighted by molar-refractivity contribution is -0.141. The summed E-state index contributed by atoms with van der Waals surface area (Å²) < 4.78 is 4.70. The van der Waals surface area contributed by atoms with Gasteiger partial charge in [0.25, 0.3) is 0 Å². The molecule has 1 unspecified atom stereocenters. The highest BCUT2D eigenvalue weighted by Crippen LogP contribution is 2.22. The highest BCUT2D eigenvalue weighted by Gasteiger charge is 2.20. The van der Waals surface area contributed by atoms with Crippen LogP contribution in [-0.4, -0.2) is 25.7 Å². The topological polar surface area (TPSA) is 38.3 Å². The molecule has 15 heavy (non-hydrogen) atoms. The summed E-state index contributed by atoms with van der Waals surface area (Å²) in [6, 6.07) is 0.234. The molecule has 0 aromatic heterocycles. The van der Waals surface area contributed by atoms with E-state index >= 15 is 0 Å². The zero-order valence-corrected chi connectivity index (χ0v) is 10.7. The number of hydrogen-bond acceptors (Lipinski definition) is 3. The number of methoxy groups -OCH3 is 1. The van der Waals surface area contributed by atoms with E-state index in [4.69, 9.17) is 4.74 Å². The first-order valence-corrected chi connectivity index (χ1v) is 5.69. The molecular weight excluding hydrogens is 190 g/mol. The minimum atomic E-state index is -0.132. The van der Waals surface area contributed by atoms with E-state index in [-0.39, 0.29) is 17.4 Å². The van der Waals surface area contributed by atoms with Crippen LogP contribution in [0.25, 0.3) is 0 Å². The molecule has 0 aliphatic carbocycles. The smallest absolute Gasteiger partial charge is 0.307 e. The first-order chi connectivity index (χ1) is 6.89. The Morgan fingerprint density at radius 1 is 1.40 bits per heavy atom. The molecule has 0 aliphatic heterocycles. The van der Waals surface area contributed by atoms with Gasteiger partial charge in [0.15, 0.2) is 0 Å². The maximum absolute atomic E-state index is 11.2. The largest absolute Gasteiger partial charge is 0.469 e. The lowest BCUT2D eigenvalue weighted by Gasteiger charge is -2.26. The van der Waals surface area contributed by atoms with Crippen molar-refractivity contribution in [2.24, 2.45) is 5.41 Å². The molecule has 0 amide bonds. The fourth-order valence-electron chi connectivity index (χ4n) is 1.59. The molecule has 0 fully saturated rings. The third-order valence-electron chi connectivity index (χ3n) is 2.18. The van der Waals surface area contributed by atoms with Crippen LogP contribution < -0.4 is 5.32 Å². The minimum Gasteiger partial charge on any atom is -0.469 e. The van der Waals surface area contributed by atoms with Crippen molar-refractivity contribution in [2.75, 3.05) is 13.7 Å². The number of carbonyl (C=O) groups excluding carboxylic acids is 1. The first kappa shape index (κ1) is 14.4. The molecule has 0 bridgehead atoms. The third kappa shape index (κ3) is 8.43. The molecule has 1 N–H and O–H groups in total. The third-order valence-corrected chi connectivity index (χ3v) is 2.18. The highest BCUT2D eigenvalue weighted by atomic mass is 16.5. The number of rotatable bonds is 6. The molecule has 3 heteroatoms. The van der Waals surface area contributed by atoms with Gasteiger partial charge in [0.1, 0.15) is 0 Å². The van der Waals surface area contributed by atoms with Crippen LogP contribution in [-0.2, 0) is 9.53 Å².